The zero-order valence-corrected chi connectivity index (χ0v) is 23.4. The third-order valence-electron chi connectivity index (χ3n) is 7.74. The van der Waals surface area contributed by atoms with E-state index in [1.807, 2.05) is 30.3 Å². The van der Waals surface area contributed by atoms with Crippen LogP contribution in [0.2, 0.25) is 0 Å². The van der Waals surface area contributed by atoms with E-state index in [-0.39, 0.29) is 5.91 Å². The third kappa shape index (κ3) is 6.87. The van der Waals surface area contributed by atoms with Gasteiger partial charge in [-0.05, 0) is 30.3 Å². The molecule has 1 amide bonds. The molecule has 5 heterocycles. The molecule has 3 aromatic rings. The highest BCUT2D eigenvalue weighted by molar-refractivity contribution is 6.04. The fourth-order valence-electron chi connectivity index (χ4n) is 5.45. The number of carbonyl (C=O) groups excluding carboxylic acids is 1. The normalized spacial score (nSPS) is 18.0. The molecule has 3 aliphatic heterocycles. The van der Waals surface area contributed by atoms with Gasteiger partial charge in [-0.2, -0.15) is 0 Å². The molecular formula is C30H38N8O3. The molecule has 0 saturated carbocycles. The van der Waals surface area contributed by atoms with Crippen molar-refractivity contribution in [1.82, 2.24) is 20.2 Å². The second kappa shape index (κ2) is 13.2. The summed E-state index contributed by atoms with van der Waals surface area (Å²) >= 11 is 0. The number of piperazine rings is 1. The van der Waals surface area contributed by atoms with E-state index in [0.717, 1.165) is 95.1 Å². The van der Waals surface area contributed by atoms with Gasteiger partial charge in [0, 0.05) is 76.9 Å². The van der Waals surface area contributed by atoms with Gasteiger partial charge in [-0.15, -0.1) is 0 Å². The van der Waals surface area contributed by atoms with Gasteiger partial charge >= 0.3 is 0 Å². The first-order valence-corrected chi connectivity index (χ1v) is 14.4. The molecule has 11 heteroatoms. The summed E-state index contributed by atoms with van der Waals surface area (Å²) in [5, 5.41) is 6.41. The van der Waals surface area contributed by atoms with E-state index in [0.29, 0.717) is 24.7 Å². The molecule has 6 rings (SSSR count). The maximum absolute atomic E-state index is 13.2. The van der Waals surface area contributed by atoms with Crippen molar-refractivity contribution in [2.45, 2.75) is 0 Å². The Labute approximate surface area is 241 Å². The van der Waals surface area contributed by atoms with E-state index >= 15 is 0 Å². The van der Waals surface area contributed by atoms with Gasteiger partial charge in [0.15, 0.2) is 0 Å². The molecular weight excluding hydrogens is 520 g/mol. The largest absolute Gasteiger partial charge is 0.492 e. The standard InChI is InChI=1S/C30H38N8O3/c39-30(34-27-22-32-8-7-28(27)36-11-9-31-10-12-36)26-5-2-6-29(33-26)38-14-13-37(23-38)24-3-1-4-25(21-24)41-20-17-35-15-18-40-19-16-35/h1-8,21-22,31H,9-20,23H2,(H,34,39). The Morgan fingerprint density at radius 3 is 2.66 bits per heavy atom. The number of nitrogens with zero attached hydrogens (tertiary/aromatic N) is 6. The number of benzene rings is 1. The van der Waals surface area contributed by atoms with Crippen LogP contribution in [0.5, 0.6) is 5.75 Å². The van der Waals surface area contributed by atoms with Crippen molar-refractivity contribution in [2.24, 2.45) is 0 Å². The number of amides is 1. The molecule has 1 aromatic carbocycles. The smallest absolute Gasteiger partial charge is 0.274 e. The second-order valence-electron chi connectivity index (χ2n) is 10.4. The first-order chi connectivity index (χ1) is 20.2. The van der Waals surface area contributed by atoms with Crippen LogP contribution in [-0.2, 0) is 4.74 Å². The number of aromatic nitrogens is 2. The van der Waals surface area contributed by atoms with Crippen molar-refractivity contribution in [3.8, 4) is 5.75 Å². The number of hydrogen-bond acceptors (Lipinski definition) is 10. The molecule has 2 aromatic heterocycles. The number of ether oxygens (including phenoxy) is 2. The molecule has 0 bridgehead atoms. The number of nitrogens with one attached hydrogen (secondary N) is 2. The lowest BCUT2D eigenvalue weighted by Gasteiger charge is -2.30. The summed E-state index contributed by atoms with van der Waals surface area (Å²) in [6.07, 6.45) is 3.47. The van der Waals surface area contributed by atoms with Gasteiger partial charge in [-0.25, -0.2) is 4.98 Å². The van der Waals surface area contributed by atoms with E-state index in [1.165, 1.54) is 0 Å². The van der Waals surface area contributed by atoms with Crippen LogP contribution in [0.1, 0.15) is 10.5 Å². The lowest BCUT2D eigenvalue weighted by Crippen LogP contribution is -2.43. The molecule has 3 aliphatic rings. The highest BCUT2D eigenvalue weighted by atomic mass is 16.5. The van der Waals surface area contributed by atoms with Crippen LogP contribution < -0.4 is 30.1 Å². The van der Waals surface area contributed by atoms with Gasteiger partial charge in [-0.3, -0.25) is 14.7 Å². The Bertz CT molecular complexity index is 1310. The minimum atomic E-state index is -0.241. The Morgan fingerprint density at radius 1 is 0.951 bits per heavy atom. The van der Waals surface area contributed by atoms with Crippen molar-refractivity contribution in [2.75, 3.05) is 105 Å². The fraction of sp³-hybridized carbons (Fsp3) is 0.433. The van der Waals surface area contributed by atoms with Crippen molar-refractivity contribution in [3.63, 3.8) is 0 Å². The predicted molar refractivity (Wildman–Crippen MR) is 160 cm³/mol. The number of anilines is 4. The highest BCUT2D eigenvalue weighted by Crippen LogP contribution is 2.27. The molecule has 11 nitrogen and oxygen atoms in total. The predicted octanol–water partition coefficient (Wildman–Crippen LogP) is 2.13. The molecule has 0 spiro atoms. The quantitative estimate of drug-likeness (QED) is 0.407. The number of rotatable bonds is 9. The first-order valence-electron chi connectivity index (χ1n) is 14.4. The van der Waals surface area contributed by atoms with Gasteiger partial charge in [-0.1, -0.05) is 12.1 Å². The molecule has 2 N–H and O–H groups in total. The molecule has 3 fully saturated rings. The van der Waals surface area contributed by atoms with Crippen LogP contribution >= 0.6 is 0 Å². The molecule has 0 unspecified atom stereocenters. The minimum Gasteiger partial charge on any atom is -0.492 e. The summed E-state index contributed by atoms with van der Waals surface area (Å²) in [5.74, 6) is 1.42. The zero-order chi connectivity index (χ0) is 27.9. The van der Waals surface area contributed by atoms with Gasteiger partial charge in [0.05, 0.1) is 37.5 Å². The van der Waals surface area contributed by atoms with Crippen LogP contribution in [-0.4, -0.2) is 106 Å². The number of hydrogen-bond donors (Lipinski definition) is 2. The summed E-state index contributed by atoms with van der Waals surface area (Å²) in [6.45, 7) is 11.0. The van der Waals surface area contributed by atoms with E-state index in [2.05, 4.69) is 47.3 Å². The molecule has 3 saturated heterocycles. The van der Waals surface area contributed by atoms with Gasteiger partial charge in [0.2, 0.25) is 0 Å². The maximum Gasteiger partial charge on any atom is 0.274 e. The number of pyridine rings is 2. The lowest BCUT2D eigenvalue weighted by molar-refractivity contribution is 0.0322. The van der Waals surface area contributed by atoms with Crippen LogP contribution in [0.3, 0.4) is 0 Å². The van der Waals surface area contributed by atoms with E-state index in [9.17, 15) is 4.79 Å². The van der Waals surface area contributed by atoms with E-state index in [4.69, 9.17) is 14.5 Å². The average molecular weight is 559 g/mol. The average Bonchev–Trinajstić information content (AvgIpc) is 3.53. The Balaban J connectivity index is 1.06. The highest BCUT2D eigenvalue weighted by Gasteiger charge is 2.23. The van der Waals surface area contributed by atoms with Crippen LogP contribution in [0, 0.1) is 0 Å². The summed E-state index contributed by atoms with van der Waals surface area (Å²) in [4.78, 5) is 31.3. The number of carbonyl (C=O) groups is 1. The molecule has 0 radical (unpaired) electrons. The lowest BCUT2D eigenvalue weighted by atomic mass is 10.2. The van der Waals surface area contributed by atoms with E-state index < -0.39 is 0 Å². The molecule has 0 atom stereocenters. The first kappa shape index (κ1) is 27.3. The SMILES string of the molecule is O=C(Nc1cnccc1N1CCNCC1)c1cccc(N2CCN(c3cccc(OCCN4CCOCC4)c3)C2)n1. The third-order valence-corrected chi connectivity index (χ3v) is 7.74. The van der Waals surface area contributed by atoms with Crippen LogP contribution in [0.4, 0.5) is 22.9 Å². The Kier molecular flexibility index (Phi) is 8.74. The molecule has 0 aliphatic carbocycles. The Morgan fingerprint density at radius 2 is 1.78 bits per heavy atom. The fourth-order valence-corrected chi connectivity index (χ4v) is 5.45. The maximum atomic E-state index is 13.2. The van der Waals surface area contributed by atoms with Crippen LogP contribution in [0.25, 0.3) is 0 Å². The summed E-state index contributed by atoms with van der Waals surface area (Å²) in [6, 6.07) is 15.8. The summed E-state index contributed by atoms with van der Waals surface area (Å²) in [7, 11) is 0. The van der Waals surface area contributed by atoms with Crippen molar-refractivity contribution >= 4 is 28.8 Å². The number of morpholine rings is 1. The van der Waals surface area contributed by atoms with Crippen molar-refractivity contribution in [1.29, 1.82) is 0 Å². The Hall–Kier alpha value is -3.93. The zero-order valence-electron chi connectivity index (χ0n) is 23.4. The monoisotopic (exact) mass is 558 g/mol. The van der Waals surface area contributed by atoms with Gasteiger partial charge in [0.25, 0.3) is 5.91 Å². The van der Waals surface area contributed by atoms with Crippen molar-refractivity contribution in [3.05, 3.63) is 66.6 Å². The summed E-state index contributed by atoms with van der Waals surface area (Å²) in [5.41, 5.74) is 3.17. The topological polar surface area (TPSA) is 98.3 Å². The molecule has 216 valence electrons. The molecule has 41 heavy (non-hydrogen) atoms. The minimum absolute atomic E-state index is 0.241. The van der Waals surface area contributed by atoms with Crippen molar-refractivity contribution < 1.29 is 14.3 Å². The summed E-state index contributed by atoms with van der Waals surface area (Å²) < 4.78 is 11.5. The van der Waals surface area contributed by atoms with Gasteiger partial charge in [0.1, 0.15) is 23.9 Å². The van der Waals surface area contributed by atoms with Crippen LogP contribution in [0.15, 0.2) is 60.9 Å². The van der Waals surface area contributed by atoms with E-state index in [1.54, 1.807) is 18.5 Å². The van der Waals surface area contributed by atoms with Gasteiger partial charge < -0.3 is 34.8 Å². The second-order valence-corrected chi connectivity index (χ2v) is 10.4.